The van der Waals surface area contributed by atoms with Crippen molar-refractivity contribution in [2.24, 2.45) is 0 Å². The maximum absolute atomic E-state index is 13.8. The van der Waals surface area contributed by atoms with Gasteiger partial charge in [0, 0.05) is 25.8 Å². The van der Waals surface area contributed by atoms with E-state index < -0.39 is 29.0 Å². The van der Waals surface area contributed by atoms with Gasteiger partial charge >= 0.3 is 0 Å². The Labute approximate surface area is 172 Å². The number of nitrogens with one attached hydrogen (secondary N) is 1. The van der Waals surface area contributed by atoms with Crippen molar-refractivity contribution in [1.82, 2.24) is 9.88 Å². The third-order valence-electron chi connectivity index (χ3n) is 4.85. The lowest BCUT2D eigenvalue weighted by molar-refractivity contribution is -0.116. The Kier molecular flexibility index (Phi) is 6.91. The highest BCUT2D eigenvalue weighted by Gasteiger charge is 2.25. The summed E-state index contributed by atoms with van der Waals surface area (Å²) in [7, 11) is 0. The van der Waals surface area contributed by atoms with Gasteiger partial charge in [0.05, 0.1) is 11.3 Å². The summed E-state index contributed by atoms with van der Waals surface area (Å²) in [5, 5.41) is 2.20. The van der Waals surface area contributed by atoms with Crippen molar-refractivity contribution in [2.75, 3.05) is 36.4 Å². The van der Waals surface area contributed by atoms with E-state index in [0.717, 1.165) is 38.1 Å². The number of nitrogens with zero attached hydrogens (tertiary/aromatic N) is 3. The topological polar surface area (TPSA) is 65.5 Å². The fraction of sp³-hybridized carbons (Fsp3) is 0.381. The molecule has 30 heavy (non-hydrogen) atoms. The molecule has 3 rings (SSSR count). The first-order valence-corrected chi connectivity index (χ1v) is 9.85. The molecule has 2 amide bonds. The summed E-state index contributed by atoms with van der Waals surface area (Å²) in [5.41, 5.74) is -0.0958. The highest BCUT2D eigenvalue weighted by molar-refractivity contribution is 6.02. The van der Waals surface area contributed by atoms with E-state index in [1.165, 1.54) is 4.90 Å². The van der Waals surface area contributed by atoms with Gasteiger partial charge < -0.3 is 15.1 Å². The second kappa shape index (κ2) is 9.60. The van der Waals surface area contributed by atoms with Crippen LogP contribution in [-0.4, -0.2) is 47.9 Å². The standard InChI is InChI=1S/C21H23F3N4O2/c1-2-10-28(13-17(29)26-16-8-7-15(22)18(23)19(16)24)21(30)14-6-5-9-25-20(14)27-11-3-4-12-27/h5-9H,2-4,10-13H2,1H3,(H,26,29). The summed E-state index contributed by atoms with van der Waals surface area (Å²) in [6.07, 6.45) is 4.25. The largest absolute Gasteiger partial charge is 0.356 e. The molecule has 1 aliphatic heterocycles. The minimum Gasteiger partial charge on any atom is -0.356 e. The zero-order valence-corrected chi connectivity index (χ0v) is 16.6. The lowest BCUT2D eigenvalue weighted by Gasteiger charge is -2.25. The van der Waals surface area contributed by atoms with Crippen LogP contribution in [0.1, 0.15) is 36.5 Å². The van der Waals surface area contributed by atoms with Gasteiger partial charge in [-0.2, -0.15) is 0 Å². The maximum atomic E-state index is 13.8. The van der Waals surface area contributed by atoms with Crippen LogP contribution in [-0.2, 0) is 4.79 Å². The zero-order chi connectivity index (χ0) is 21.7. The molecule has 1 aromatic carbocycles. The van der Waals surface area contributed by atoms with E-state index in [4.69, 9.17) is 0 Å². The van der Waals surface area contributed by atoms with Crippen molar-refractivity contribution in [3.63, 3.8) is 0 Å². The molecule has 1 aromatic heterocycles. The number of halogens is 3. The van der Waals surface area contributed by atoms with Crippen LogP contribution >= 0.6 is 0 Å². The average molecular weight is 420 g/mol. The number of amides is 2. The summed E-state index contributed by atoms with van der Waals surface area (Å²) in [6, 6.07) is 4.98. The molecular formula is C21H23F3N4O2. The monoisotopic (exact) mass is 420 g/mol. The molecule has 0 saturated carbocycles. The highest BCUT2D eigenvalue weighted by atomic mass is 19.2. The lowest BCUT2D eigenvalue weighted by Crippen LogP contribution is -2.39. The second-order valence-electron chi connectivity index (χ2n) is 7.07. The molecule has 2 aromatic rings. The molecule has 0 spiro atoms. The number of hydrogen-bond donors (Lipinski definition) is 1. The molecule has 1 fully saturated rings. The predicted molar refractivity (Wildman–Crippen MR) is 107 cm³/mol. The molecule has 6 nitrogen and oxygen atoms in total. The fourth-order valence-electron chi connectivity index (χ4n) is 3.42. The van der Waals surface area contributed by atoms with Crippen LogP contribution in [0.15, 0.2) is 30.5 Å². The number of carbonyl (C=O) groups excluding carboxylic acids is 2. The third-order valence-corrected chi connectivity index (χ3v) is 4.85. The molecule has 2 heterocycles. The predicted octanol–water partition coefficient (Wildman–Crippen LogP) is 3.59. The maximum Gasteiger partial charge on any atom is 0.258 e. The van der Waals surface area contributed by atoms with Crippen LogP contribution < -0.4 is 10.2 Å². The Morgan fingerprint density at radius 2 is 1.87 bits per heavy atom. The van der Waals surface area contributed by atoms with Crippen LogP contribution in [0, 0.1) is 17.5 Å². The first kappa shape index (κ1) is 21.6. The Hall–Kier alpha value is -3.10. The summed E-state index contributed by atoms with van der Waals surface area (Å²) in [6.45, 7) is 3.40. The zero-order valence-electron chi connectivity index (χ0n) is 16.6. The molecule has 1 saturated heterocycles. The van der Waals surface area contributed by atoms with E-state index in [1.54, 1.807) is 18.3 Å². The van der Waals surface area contributed by atoms with Gasteiger partial charge in [0.15, 0.2) is 17.5 Å². The van der Waals surface area contributed by atoms with E-state index in [-0.39, 0.29) is 12.5 Å². The van der Waals surface area contributed by atoms with E-state index in [2.05, 4.69) is 10.3 Å². The first-order chi connectivity index (χ1) is 14.4. The van der Waals surface area contributed by atoms with Crippen molar-refractivity contribution in [1.29, 1.82) is 0 Å². The van der Waals surface area contributed by atoms with E-state index in [1.807, 2.05) is 11.8 Å². The first-order valence-electron chi connectivity index (χ1n) is 9.85. The Morgan fingerprint density at radius 3 is 2.57 bits per heavy atom. The van der Waals surface area contributed by atoms with Gasteiger partial charge in [-0.1, -0.05) is 6.92 Å². The van der Waals surface area contributed by atoms with Crippen LogP contribution in [0.25, 0.3) is 0 Å². The molecule has 0 unspecified atom stereocenters. The molecule has 160 valence electrons. The Bertz CT molecular complexity index is 932. The number of pyridine rings is 1. The Morgan fingerprint density at radius 1 is 1.13 bits per heavy atom. The van der Waals surface area contributed by atoms with Crippen LogP contribution in [0.4, 0.5) is 24.7 Å². The summed E-state index contributed by atoms with van der Waals surface area (Å²) >= 11 is 0. The SMILES string of the molecule is CCCN(CC(=O)Nc1ccc(F)c(F)c1F)C(=O)c1cccnc1N1CCCC1. The van der Waals surface area contributed by atoms with Crippen molar-refractivity contribution in [3.8, 4) is 0 Å². The summed E-state index contributed by atoms with van der Waals surface area (Å²) in [5.74, 6) is -5.01. The van der Waals surface area contributed by atoms with Crippen molar-refractivity contribution in [2.45, 2.75) is 26.2 Å². The molecule has 9 heteroatoms. The molecule has 0 aliphatic carbocycles. The van der Waals surface area contributed by atoms with Gasteiger partial charge in [-0.05, 0) is 43.5 Å². The van der Waals surface area contributed by atoms with Crippen molar-refractivity contribution >= 4 is 23.3 Å². The van der Waals surface area contributed by atoms with Crippen LogP contribution in [0.3, 0.4) is 0 Å². The number of anilines is 2. The van der Waals surface area contributed by atoms with Gasteiger partial charge in [0.1, 0.15) is 12.4 Å². The quantitative estimate of drug-likeness (QED) is 0.696. The normalized spacial score (nSPS) is 13.4. The number of benzene rings is 1. The highest BCUT2D eigenvalue weighted by Crippen LogP contribution is 2.24. The minimum atomic E-state index is -1.67. The molecular weight excluding hydrogens is 397 g/mol. The Balaban J connectivity index is 1.77. The summed E-state index contributed by atoms with van der Waals surface area (Å²) in [4.78, 5) is 33.3. The van der Waals surface area contributed by atoms with Crippen molar-refractivity contribution < 1.29 is 22.8 Å². The van der Waals surface area contributed by atoms with E-state index >= 15 is 0 Å². The fourth-order valence-corrected chi connectivity index (χ4v) is 3.42. The number of carbonyl (C=O) groups is 2. The van der Waals surface area contributed by atoms with E-state index in [0.29, 0.717) is 24.3 Å². The molecule has 1 aliphatic rings. The van der Waals surface area contributed by atoms with Crippen LogP contribution in [0.2, 0.25) is 0 Å². The number of aromatic nitrogens is 1. The van der Waals surface area contributed by atoms with E-state index in [9.17, 15) is 22.8 Å². The summed E-state index contributed by atoms with van der Waals surface area (Å²) < 4.78 is 40.3. The number of hydrogen-bond acceptors (Lipinski definition) is 4. The second-order valence-corrected chi connectivity index (χ2v) is 7.07. The average Bonchev–Trinajstić information content (AvgIpc) is 3.28. The third kappa shape index (κ3) is 4.72. The van der Waals surface area contributed by atoms with Gasteiger partial charge in [0.25, 0.3) is 5.91 Å². The van der Waals surface area contributed by atoms with Crippen LogP contribution in [0.5, 0.6) is 0 Å². The smallest absolute Gasteiger partial charge is 0.258 e. The lowest BCUT2D eigenvalue weighted by atomic mass is 10.2. The molecule has 1 N–H and O–H groups in total. The molecule has 0 radical (unpaired) electrons. The minimum absolute atomic E-state index is 0.293. The molecule has 0 bridgehead atoms. The van der Waals surface area contributed by atoms with Gasteiger partial charge in [-0.25, -0.2) is 18.2 Å². The van der Waals surface area contributed by atoms with Gasteiger partial charge in [-0.15, -0.1) is 0 Å². The van der Waals surface area contributed by atoms with Gasteiger partial charge in [0.2, 0.25) is 5.91 Å². The number of rotatable bonds is 7. The van der Waals surface area contributed by atoms with Crippen molar-refractivity contribution in [3.05, 3.63) is 53.5 Å². The van der Waals surface area contributed by atoms with Gasteiger partial charge in [-0.3, -0.25) is 9.59 Å². The molecule has 0 atom stereocenters.